The first-order valence-electron chi connectivity index (χ1n) is 4.92. The Morgan fingerprint density at radius 1 is 1.21 bits per heavy atom. The van der Waals surface area contributed by atoms with Crippen LogP contribution in [0.4, 0.5) is 0 Å². The van der Waals surface area contributed by atoms with Crippen LogP contribution in [-0.2, 0) is 4.74 Å². The van der Waals surface area contributed by atoms with E-state index >= 15 is 0 Å². The van der Waals surface area contributed by atoms with Crippen molar-refractivity contribution >= 4 is 0 Å². The van der Waals surface area contributed by atoms with E-state index in [2.05, 4.69) is 31.6 Å². The third-order valence-electron chi connectivity index (χ3n) is 1.62. The summed E-state index contributed by atoms with van der Waals surface area (Å²) in [5.74, 6) is -0.870. The van der Waals surface area contributed by atoms with Crippen LogP contribution in [0.1, 0.15) is 34.1 Å². The number of ether oxygens (including phenoxy) is 1. The molecule has 0 radical (unpaired) electrons. The van der Waals surface area contributed by atoms with E-state index < -0.39 is 5.79 Å². The minimum atomic E-state index is -0.870. The van der Waals surface area contributed by atoms with Crippen molar-refractivity contribution in [3.8, 4) is 0 Å². The summed E-state index contributed by atoms with van der Waals surface area (Å²) in [4.78, 5) is 0. The van der Waals surface area contributed by atoms with Gasteiger partial charge in [-0.2, -0.15) is 0 Å². The van der Waals surface area contributed by atoms with E-state index in [1.54, 1.807) is 0 Å². The average Bonchev–Trinajstić information content (AvgIpc) is 2.01. The zero-order valence-electron chi connectivity index (χ0n) is 9.68. The second-order valence-electron chi connectivity index (χ2n) is 4.75. The van der Waals surface area contributed by atoms with Crippen LogP contribution in [0.2, 0.25) is 0 Å². The molecule has 0 aromatic heterocycles. The van der Waals surface area contributed by atoms with Crippen LogP contribution in [0.3, 0.4) is 0 Å². The summed E-state index contributed by atoms with van der Waals surface area (Å²) in [6.45, 7) is 9.34. The maximum absolute atomic E-state index is 5.63. The fourth-order valence-corrected chi connectivity index (χ4v) is 0.697. The van der Waals surface area contributed by atoms with Crippen molar-refractivity contribution < 1.29 is 4.74 Å². The standard InChI is InChI=1S/C9H24N4O/c1-5-9(10,11)13-12-7-14-6-8(2,3)4/h12-13H,5-7,10-11H2,1-4H3. The maximum Gasteiger partial charge on any atom is 0.130 e. The number of hydrogen-bond donors (Lipinski definition) is 4. The monoisotopic (exact) mass is 204 g/mol. The first-order chi connectivity index (χ1) is 6.27. The molecule has 5 heteroatoms. The van der Waals surface area contributed by atoms with E-state index in [4.69, 9.17) is 16.2 Å². The molecule has 0 spiro atoms. The van der Waals surface area contributed by atoms with Crippen LogP contribution >= 0.6 is 0 Å². The molecule has 0 bridgehead atoms. The van der Waals surface area contributed by atoms with Crippen molar-refractivity contribution in [3.05, 3.63) is 0 Å². The topological polar surface area (TPSA) is 85.3 Å². The SMILES string of the molecule is CCC(N)(N)NNCOCC(C)(C)C. The Bertz CT molecular complexity index is 153. The number of nitrogens with two attached hydrogens (primary N) is 2. The molecule has 0 aromatic carbocycles. The fraction of sp³-hybridized carbons (Fsp3) is 1.00. The van der Waals surface area contributed by atoms with Gasteiger partial charge in [0.15, 0.2) is 0 Å². The second-order valence-corrected chi connectivity index (χ2v) is 4.75. The number of nitrogens with one attached hydrogen (secondary N) is 2. The molecule has 0 aliphatic carbocycles. The molecule has 0 aromatic rings. The zero-order valence-corrected chi connectivity index (χ0v) is 9.68. The van der Waals surface area contributed by atoms with Gasteiger partial charge >= 0.3 is 0 Å². The molecule has 0 aliphatic rings. The molecule has 86 valence electrons. The minimum absolute atomic E-state index is 0.176. The predicted octanol–water partition coefficient (Wildman–Crippen LogP) is 0.0820. The predicted molar refractivity (Wildman–Crippen MR) is 57.9 cm³/mol. The highest BCUT2D eigenvalue weighted by atomic mass is 16.5. The fourth-order valence-electron chi connectivity index (χ4n) is 0.697. The molecule has 5 nitrogen and oxygen atoms in total. The van der Waals surface area contributed by atoms with Crippen molar-refractivity contribution in [2.24, 2.45) is 16.9 Å². The number of hydrogen-bond acceptors (Lipinski definition) is 5. The van der Waals surface area contributed by atoms with Crippen molar-refractivity contribution in [1.82, 2.24) is 10.9 Å². The molecular weight excluding hydrogens is 180 g/mol. The van der Waals surface area contributed by atoms with Crippen LogP contribution in [0.25, 0.3) is 0 Å². The Morgan fingerprint density at radius 2 is 1.79 bits per heavy atom. The summed E-state index contributed by atoms with van der Waals surface area (Å²) >= 11 is 0. The van der Waals surface area contributed by atoms with Crippen LogP contribution in [0, 0.1) is 5.41 Å². The highest BCUT2D eigenvalue weighted by Gasteiger charge is 2.14. The lowest BCUT2D eigenvalue weighted by Crippen LogP contribution is -2.65. The van der Waals surface area contributed by atoms with E-state index in [0.29, 0.717) is 19.8 Å². The average molecular weight is 204 g/mol. The van der Waals surface area contributed by atoms with E-state index in [1.165, 1.54) is 0 Å². The van der Waals surface area contributed by atoms with Crippen LogP contribution in [0.5, 0.6) is 0 Å². The lowest BCUT2D eigenvalue weighted by molar-refractivity contribution is 0.0445. The minimum Gasteiger partial charge on any atom is -0.365 e. The highest BCUT2D eigenvalue weighted by Crippen LogP contribution is 2.11. The molecule has 0 rings (SSSR count). The summed E-state index contributed by atoms with van der Waals surface area (Å²) in [5.41, 5.74) is 17.0. The smallest absolute Gasteiger partial charge is 0.130 e. The van der Waals surface area contributed by atoms with Gasteiger partial charge in [-0.1, -0.05) is 27.7 Å². The third-order valence-corrected chi connectivity index (χ3v) is 1.62. The van der Waals surface area contributed by atoms with Gasteiger partial charge < -0.3 is 16.2 Å². The Labute approximate surface area is 86.5 Å². The molecule has 6 N–H and O–H groups in total. The normalized spacial score (nSPS) is 13.3. The van der Waals surface area contributed by atoms with E-state index in [9.17, 15) is 0 Å². The lowest BCUT2D eigenvalue weighted by Gasteiger charge is -2.25. The van der Waals surface area contributed by atoms with Gasteiger partial charge in [0.05, 0.1) is 6.61 Å². The molecule has 0 amide bonds. The Morgan fingerprint density at radius 3 is 2.21 bits per heavy atom. The first kappa shape index (κ1) is 13.8. The lowest BCUT2D eigenvalue weighted by atomic mass is 9.99. The maximum atomic E-state index is 5.63. The number of rotatable bonds is 6. The summed E-state index contributed by atoms with van der Waals surface area (Å²) in [7, 11) is 0. The zero-order chi connectivity index (χ0) is 11.2. The van der Waals surface area contributed by atoms with Gasteiger partial charge in [0.25, 0.3) is 0 Å². The molecule has 0 atom stereocenters. The molecule has 0 unspecified atom stereocenters. The molecule has 14 heavy (non-hydrogen) atoms. The van der Waals surface area contributed by atoms with Gasteiger partial charge in [-0.25, -0.2) is 10.9 Å². The van der Waals surface area contributed by atoms with Gasteiger partial charge in [0.2, 0.25) is 0 Å². The Balaban J connectivity index is 3.39. The van der Waals surface area contributed by atoms with Crippen molar-refractivity contribution in [2.75, 3.05) is 13.3 Å². The molecule has 0 heterocycles. The van der Waals surface area contributed by atoms with Crippen molar-refractivity contribution in [1.29, 1.82) is 0 Å². The Kier molecular flexibility index (Phi) is 5.54. The summed E-state index contributed by atoms with van der Waals surface area (Å²) in [5, 5.41) is 0. The van der Waals surface area contributed by atoms with Gasteiger partial charge in [-0.05, 0) is 11.8 Å². The van der Waals surface area contributed by atoms with Gasteiger partial charge in [0, 0.05) is 0 Å². The summed E-state index contributed by atoms with van der Waals surface area (Å²) < 4.78 is 5.35. The summed E-state index contributed by atoms with van der Waals surface area (Å²) in [6.07, 6.45) is 0.638. The molecule has 0 saturated heterocycles. The highest BCUT2D eigenvalue weighted by molar-refractivity contribution is 4.67. The van der Waals surface area contributed by atoms with Crippen LogP contribution < -0.4 is 22.3 Å². The molecule has 0 fully saturated rings. The van der Waals surface area contributed by atoms with Gasteiger partial charge in [0.1, 0.15) is 12.5 Å². The van der Waals surface area contributed by atoms with E-state index in [0.717, 1.165) is 0 Å². The first-order valence-corrected chi connectivity index (χ1v) is 4.92. The molecule has 0 saturated carbocycles. The van der Waals surface area contributed by atoms with E-state index in [1.807, 2.05) is 6.92 Å². The Hall–Kier alpha value is -0.200. The quantitative estimate of drug-likeness (QED) is 0.280. The van der Waals surface area contributed by atoms with Crippen molar-refractivity contribution in [3.63, 3.8) is 0 Å². The third kappa shape index (κ3) is 8.40. The van der Waals surface area contributed by atoms with Crippen LogP contribution in [-0.4, -0.2) is 19.1 Å². The second kappa shape index (κ2) is 5.63. The van der Waals surface area contributed by atoms with Gasteiger partial charge in [-0.15, -0.1) is 0 Å². The summed E-state index contributed by atoms with van der Waals surface area (Å²) in [6, 6.07) is 0. The van der Waals surface area contributed by atoms with Gasteiger partial charge in [-0.3, -0.25) is 0 Å². The van der Waals surface area contributed by atoms with E-state index in [-0.39, 0.29) is 5.41 Å². The van der Waals surface area contributed by atoms with Crippen molar-refractivity contribution in [2.45, 2.75) is 39.9 Å². The number of hydrazine groups is 1. The van der Waals surface area contributed by atoms with Crippen LogP contribution in [0.15, 0.2) is 0 Å². The molecular formula is C9H24N4O. The molecule has 0 aliphatic heterocycles. The largest absolute Gasteiger partial charge is 0.365 e.